The Labute approximate surface area is 80.3 Å². The van der Waals surface area contributed by atoms with Crippen LogP contribution in [0, 0.1) is 17.8 Å². The van der Waals surface area contributed by atoms with Crippen molar-refractivity contribution in [2.75, 3.05) is 0 Å². The molecule has 1 rings (SSSR count). The van der Waals surface area contributed by atoms with Gasteiger partial charge in [0.15, 0.2) is 0 Å². The molecule has 0 aromatic carbocycles. The monoisotopic (exact) mass is 184 g/mol. The van der Waals surface area contributed by atoms with Crippen LogP contribution in [0.3, 0.4) is 0 Å². The Kier molecular flexibility index (Phi) is 3.76. The highest BCUT2D eigenvalue weighted by molar-refractivity contribution is 5.69. The smallest absolute Gasteiger partial charge is 0.306 e. The first-order valence-corrected chi connectivity index (χ1v) is 5.34. The summed E-state index contributed by atoms with van der Waals surface area (Å²) in [6.45, 7) is 4.12. The Morgan fingerprint density at radius 3 is 2.62 bits per heavy atom. The fourth-order valence-corrected chi connectivity index (χ4v) is 2.22. The van der Waals surface area contributed by atoms with E-state index in [0.717, 1.165) is 18.8 Å². The van der Waals surface area contributed by atoms with E-state index in [0.29, 0.717) is 5.92 Å². The van der Waals surface area contributed by atoms with Crippen LogP contribution in [0.2, 0.25) is 0 Å². The molecular formula is C11H20O2. The third kappa shape index (κ3) is 3.02. The molecule has 0 aliphatic heterocycles. The third-order valence-electron chi connectivity index (χ3n) is 3.40. The lowest BCUT2D eigenvalue weighted by atomic mass is 9.87. The van der Waals surface area contributed by atoms with Crippen molar-refractivity contribution < 1.29 is 9.90 Å². The van der Waals surface area contributed by atoms with Crippen LogP contribution in [0.1, 0.15) is 46.0 Å². The zero-order valence-corrected chi connectivity index (χ0v) is 8.62. The highest BCUT2D eigenvalue weighted by Gasteiger charge is 2.25. The van der Waals surface area contributed by atoms with E-state index >= 15 is 0 Å². The van der Waals surface area contributed by atoms with Gasteiger partial charge in [0, 0.05) is 0 Å². The SMILES string of the molecule is CC1CCCC(C(C)C(=O)O)CC1. The Morgan fingerprint density at radius 2 is 2.00 bits per heavy atom. The second-order valence-electron chi connectivity index (χ2n) is 4.50. The maximum atomic E-state index is 10.8. The summed E-state index contributed by atoms with van der Waals surface area (Å²) in [6, 6.07) is 0. The Morgan fingerprint density at radius 1 is 1.31 bits per heavy atom. The lowest BCUT2D eigenvalue weighted by molar-refractivity contribution is -0.143. The van der Waals surface area contributed by atoms with Crippen LogP contribution in [0.4, 0.5) is 0 Å². The van der Waals surface area contributed by atoms with Crippen molar-refractivity contribution in [1.82, 2.24) is 0 Å². The van der Waals surface area contributed by atoms with Gasteiger partial charge in [-0.15, -0.1) is 0 Å². The highest BCUT2D eigenvalue weighted by Crippen LogP contribution is 2.31. The van der Waals surface area contributed by atoms with Gasteiger partial charge in [0.2, 0.25) is 0 Å². The van der Waals surface area contributed by atoms with Crippen LogP contribution in [-0.2, 0) is 4.79 Å². The van der Waals surface area contributed by atoms with Gasteiger partial charge in [0.25, 0.3) is 0 Å². The van der Waals surface area contributed by atoms with Crippen LogP contribution in [0.25, 0.3) is 0 Å². The molecular weight excluding hydrogens is 164 g/mol. The van der Waals surface area contributed by atoms with E-state index in [2.05, 4.69) is 6.92 Å². The van der Waals surface area contributed by atoms with Crippen molar-refractivity contribution >= 4 is 5.97 Å². The van der Waals surface area contributed by atoms with Gasteiger partial charge < -0.3 is 5.11 Å². The number of hydrogen-bond acceptors (Lipinski definition) is 1. The van der Waals surface area contributed by atoms with E-state index in [9.17, 15) is 4.79 Å². The molecule has 0 bridgehead atoms. The van der Waals surface area contributed by atoms with Crippen molar-refractivity contribution in [3.05, 3.63) is 0 Å². The molecule has 0 spiro atoms. The van der Waals surface area contributed by atoms with Gasteiger partial charge in [-0.3, -0.25) is 4.79 Å². The normalized spacial score (nSPS) is 32.2. The molecule has 0 saturated heterocycles. The standard InChI is InChI=1S/C11H20O2/c1-8-4-3-5-10(7-6-8)9(2)11(12)13/h8-10H,3-7H2,1-2H3,(H,12,13). The third-order valence-corrected chi connectivity index (χ3v) is 3.40. The van der Waals surface area contributed by atoms with E-state index in [-0.39, 0.29) is 5.92 Å². The molecule has 0 heterocycles. The van der Waals surface area contributed by atoms with Gasteiger partial charge in [-0.1, -0.05) is 33.1 Å². The van der Waals surface area contributed by atoms with E-state index in [4.69, 9.17) is 5.11 Å². The average Bonchev–Trinajstić information content (AvgIpc) is 2.28. The number of hydrogen-bond donors (Lipinski definition) is 1. The summed E-state index contributed by atoms with van der Waals surface area (Å²) in [4.78, 5) is 10.8. The zero-order chi connectivity index (χ0) is 9.84. The van der Waals surface area contributed by atoms with Crippen LogP contribution >= 0.6 is 0 Å². The van der Waals surface area contributed by atoms with Crippen molar-refractivity contribution in [1.29, 1.82) is 0 Å². The quantitative estimate of drug-likeness (QED) is 0.670. The predicted octanol–water partition coefficient (Wildman–Crippen LogP) is 2.92. The van der Waals surface area contributed by atoms with Crippen LogP contribution < -0.4 is 0 Å². The second-order valence-corrected chi connectivity index (χ2v) is 4.50. The fraction of sp³-hybridized carbons (Fsp3) is 0.909. The number of rotatable bonds is 2. The minimum absolute atomic E-state index is 0.148. The molecule has 3 unspecified atom stereocenters. The molecule has 13 heavy (non-hydrogen) atoms. The van der Waals surface area contributed by atoms with Crippen LogP contribution in [0.15, 0.2) is 0 Å². The number of carboxylic acid groups (broad SMARTS) is 1. The summed E-state index contributed by atoms with van der Waals surface area (Å²) in [6.07, 6.45) is 5.92. The molecule has 1 N–H and O–H groups in total. The number of aliphatic carboxylic acids is 1. The molecule has 0 radical (unpaired) electrons. The maximum absolute atomic E-state index is 10.8. The van der Waals surface area contributed by atoms with E-state index in [1.54, 1.807) is 0 Å². The molecule has 3 atom stereocenters. The first-order valence-electron chi connectivity index (χ1n) is 5.34. The summed E-state index contributed by atoms with van der Waals surface area (Å²) < 4.78 is 0. The summed E-state index contributed by atoms with van der Waals surface area (Å²) in [5.74, 6) is 0.443. The van der Waals surface area contributed by atoms with E-state index in [1.165, 1.54) is 19.3 Å². The minimum atomic E-state index is -0.625. The number of carboxylic acids is 1. The van der Waals surface area contributed by atoms with Crippen molar-refractivity contribution in [3.63, 3.8) is 0 Å². The summed E-state index contributed by atoms with van der Waals surface area (Å²) in [5.41, 5.74) is 0. The Balaban J connectivity index is 2.46. The molecule has 1 fully saturated rings. The lowest BCUT2D eigenvalue weighted by Gasteiger charge is -2.18. The lowest BCUT2D eigenvalue weighted by Crippen LogP contribution is -2.20. The molecule has 76 valence electrons. The van der Waals surface area contributed by atoms with Crippen molar-refractivity contribution in [2.24, 2.45) is 17.8 Å². The fourth-order valence-electron chi connectivity index (χ4n) is 2.22. The molecule has 1 aliphatic carbocycles. The maximum Gasteiger partial charge on any atom is 0.306 e. The summed E-state index contributed by atoms with van der Waals surface area (Å²) in [7, 11) is 0. The van der Waals surface area contributed by atoms with E-state index < -0.39 is 5.97 Å². The predicted molar refractivity (Wildman–Crippen MR) is 52.5 cm³/mol. The molecule has 0 aromatic rings. The van der Waals surface area contributed by atoms with Gasteiger partial charge >= 0.3 is 5.97 Å². The molecule has 1 aliphatic rings. The van der Waals surface area contributed by atoms with Gasteiger partial charge in [0.05, 0.1) is 5.92 Å². The summed E-state index contributed by atoms with van der Waals surface area (Å²) in [5, 5.41) is 8.89. The van der Waals surface area contributed by atoms with Gasteiger partial charge in [-0.25, -0.2) is 0 Å². The van der Waals surface area contributed by atoms with Crippen molar-refractivity contribution in [2.45, 2.75) is 46.0 Å². The second kappa shape index (κ2) is 4.64. The number of carbonyl (C=O) groups is 1. The molecule has 1 saturated carbocycles. The Hall–Kier alpha value is -0.530. The average molecular weight is 184 g/mol. The molecule has 2 heteroatoms. The van der Waals surface area contributed by atoms with Gasteiger partial charge in [-0.2, -0.15) is 0 Å². The summed E-state index contributed by atoms with van der Waals surface area (Å²) >= 11 is 0. The van der Waals surface area contributed by atoms with Crippen LogP contribution in [-0.4, -0.2) is 11.1 Å². The Bertz CT molecular complexity index is 177. The topological polar surface area (TPSA) is 37.3 Å². The van der Waals surface area contributed by atoms with Gasteiger partial charge in [0.1, 0.15) is 0 Å². The first-order chi connectivity index (χ1) is 6.11. The van der Waals surface area contributed by atoms with Crippen molar-refractivity contribution in [3.8, 4) is 0 Å². The largest absolute Gasteiger partial charge is 0.481 e. The zero-order valence-electron chi connectivity index (χ0n) is 8.62. The molecule has 0 amide bonds. The first kappa shape index (κ1) is 10.6. The molecule has 2 nitrogen and oxygen atoms in total. The highest BCUT2D eigenvalue weighted by atomic mass is 16.4. The van der Waals surface area contributed by atoms with Crippen LogP contribution in [0.5, 0.6) is 0 Å². The van der Waals surface area contributed by atoms with E-state index in [1.807, 2.05) is 6.92 Å². The minimum Gasteiger partial charge on any atom is -0.481 e. The molecule has 0 aromatic heterocycles. The van der Waals surface area contributed by atoms with Gasteiger partial charge in [-0.05, 0) is 24.7 Å².